The molecule has 0 saturated carbocycles. The summed E-state index contributed by atoms with van der Waals surface area (Å²) < 4.78 is 13.3. The van der Waals surface area contributed by atoms with Gasteiger partial charge >= 0.3 is 0 Å². The second-order valence-electron chi connectivity index (χ2n) is 5.30. The average Bonchev–Trinajstić information content (AvgIpc) is 2.61. The first-order valence-electron chi connectivity index (χ1n) is 7.44. The minimum Gasteiger partial charge on any atom is -0.354 e. The molecular formula is C19H16FN3O. The van der Waals surface area contributed by atoms with Crippen molar-refractivity contribution in [3.05, 3.63) is 84.4 Å². The summed E-state index contributed by atoms with van der Waals surface area (Å²) in [6, 6.07) is 17.2. The van der Waals surface area contributed by atoms with Gasteiger partial charge in [0.05, 0.1) is 17.4 Å². The van der Waals surface area contributed by atoms with Crippen LogP contribution in [0.2, 0.25) is 0 Å². The van der Waals surface area contributed by atoms with E-state index in [1.807, 2.05) is 30.3 Å². The molecule has 2 aromatic carbocycles. The number of carbonyl (C=O) groups excluding carboxylic acids is 1. The number of anilines is 3. The van der Waals surface area contributed by atoms with Crippen molar-refractivity contribution in [1.82, 2.24) is 4.98 Å². The van der Waals surface area contributed by atoms with Gasteiger partial charge in [0.2, 0.25) is 0 Å². The van der Waals surface area contributed by atoms with Crippen LogP contribution in [0.25, 0.3) is 0 Å². The highest BCUT2D eigenvalue weighted by Gasteiger charge is 2.14. The summed E-state index contributed by atoms with van der Waals surface area (Å²) in [5, 5.41) is 3.05. The lowest BCUT2D eigenvalue weighted by molar-refractivity contribution is 0.0992. The SMILES string of the molecule is CN(C(=O)c1cncc(Nc2cccc(F)c2)c1)c1ccccc1. The van der Waals surface area contributed by atoms with Crippen molar-refractivity contribution in [2.45, 2.75) is 0 Å². The van der Waals surface area contributed by atoms with E-state index >= 15 is 0 Å². The van der Waals surface area contributed by atoms with E-state index in [4.69, 9.17) is 0 Å². The van der Waals surface area contributed by atoms with Crippen LogP contribution in [0, 0.1) is 5.82 Å². The van der Waals surface area contributed by atoms with Crippen molar-refractivity contribution in [2.75, 3.05) is 17.3 Å². The Morgan fingerprint density at radius 2 is 1.79 bits per heavy atom. The van der Waals surface area contributed by atoms with E-state index in [-0.39, 0.29) is 11.7 Å². The number of rotatable bonds is 4. The second kappa shape index (κ2) is 6.91. The predicted molar refractivity (Wildman–Crippen MR) is 93.1 cm³/mol. The molecule has 1 heterocycles. The lowest BCUT2D eigenvalue weighted by Crippen LogP contribution is -2.26. The van der Waals surface area contributed by atoms with Gasteiger partial charge < -0.3 is 10.2 Å². The standard InChI is InChI=1S/C19H16FN3O/c1-23(18-8-3-2-4-9-18)19(24)14-10-17(13-21-12-14)22-16-7-5-6-15(20)11-16/h2-13,22H,1H3. The quantitative estimate of drug-likeness (QED) is 0.782. The zero-order valence-electron chi connectivity index (χ0n) is 13.1. The van der Waals surface area contributed by atoms with E-state index < -0.39 is 0 Å². The first-order chi connectivity index (χ1) is 11.6. The molecule has 3 aromatic rings. The number of pyridine rings is 1. The Morgan fingerprint density at radius 1 is 1.00 bits per heavy atom. The molecule has 4 nitrogen and oxygen atoms in total. The summed E-state index contributed by atoms with van der Waals surface area (Å²) in [4.78, 5) is 18.3. The molecule has 5 heteroatoms. The molecule has 0 unspecified atom stereocenters. The maximum atomic E-state index is 13.3. The Morgan fingerprint density at radius 3 is 2.54 bits per heavy atom. The van der Waals surface area contributed by atoms with Crippen LogP contribution >= 0.6 is 0 Å². The molecular weight excluding hydrogens is 305 g/mol. The molecule has 0 bridgehead atoms. The highest BCUT2D eigenvalue weighted by Crippen LogP contribution is 2.20. The summed E-state index contributed by atoms with van der Waals surface area (Å²) in [5.74, 6) is -0.499. The van der Waals surface area contributed by atoms with Gasteiger partial charge in [0.25, 0.3) is 5.91 Å². The largest absolute Gasteiger partial charge is 0.354 e. The minimum absolute atomic E-state index is 0.170. The zero-order valence-corrected chi connectivity index (χ0v) is 13.1. The smallest absolute Gasteiger partial charge is 0.259 e. The molecule has 3 rings (SSSR count). The number of hydrogen-bond donors (Lipinski definition) is 1. The molecule has 0 fully saturated rings. The van der Waals surface area contributed by atoms with Crippen molar-refractivity contribution in [2.24, 2.45) is 0 Å². The first-order valence-corrected chi connectivity index (χ1v) is 7.44. The van der Waals surface area contributed by atoms with Gasteiger partial charge in [-0.25, -0.2) is 4.39 Å². The van der Waals surface area contributed by atoms with Crippen molar-refractivity contribution in [1.29, 1.82) is 0 Å². The van der Waals surface area contributed by atoms with E-state index in [1.54, 1.807) is 36.3 Å². The van der Waals surface area contributed by atoms with Crippen LogP contribution in [0.5, 0.6) is 0 Å². The van der Waals surface area contributed by atoms with E-state index in [2.05, 4.69) is 10.3 Å². The Kier molecular flexibility index (Phi) is 4.52. The van der Waals surface area contributed by atoms with Gasteiger partial charge in [-0.3, -0.25) is 9.78 Å². The number of hydrogen-bond acceptors (Lipinski definition) is 3. The third kappa shape index (κ3) is 3.57. The Balaban J connectivity index is 1.81. The second-order valence-corrected chi connectivity index (χ2v) is 5.30. The first kappa shape index (κ1) is 15.7. The fourth-order valence-electron chi connectivity index (χ4n) is 2.32. The Labute approximate surface area is 139 Å². The molecule has 120 valence electrons. The third-order valence-electron chi connectivity index (χ3n) is 3.55. The number of nitrogens with zero attached hydrogens (tertiary/aromatic N) is 2. The van der Waals surface area contributed by atoms with Crippen LogP contribution in [0.1, 0.15) is 10.4 Å². The highest BCUT2D eigenvalue weighted by molar-refractivity contribution is 6.06. The summed E-state index contributed by atoms with van der Waals surface area (Å²) >= 11 is 0. The fourth-order valence-corrected chi connectivity index (χ4v) is 2.32. The number of amides is 1. The van der Waals surface area contributed by atoms with Crippen LogP contribution < -0.4 is 10.2 Å². The molecule has 1 N–H and O–H groups in total. The Bertz CT molecular complexity index is 852. The number of aromatic nitrogens is 1. The number of benzene rings is 2. The van der Waals surface area contributed by atoms with Crippen LogP contribution in [0.4, 0.5) is 21.5 Å². The van der Waals surface area contributed by atoms with Crippen molar-refractivity contribution in [3.8, 4) is 0 Å². The van der Waals surface area contributed by atoms with Crippen LogP contribution in [-0.2, 0) is 0 Å². The number of nitrogens with one attached hydrogen (secondary N) is 1. The lowest BCUT2D eigenvalue weighted by Gasteiger charge is -2.17. The molecule has 0 atom stereocenters. The third-order valence-corrected chi connectivity index (χ3v) is 3.55. The Hall–Kier alpha value is -3.21. The molecule has 24 heavy (non-hydrogen) atoms. The van der Waals surface area contributed by atoms with E-state index in [9.17, 15) is 9.18 Å². The number of para-hydroxylation sites is 1. The van der Waals surface area contributed by atoms with Gasteiger partial charge in [-0.1, -0.05) is 24.3 Å². The van der Waals surface area contributed by atoms with E-state index in [1.165, 1.54) is 18.3 Å². The van der Waals surface area contributed by atoms with Gasteiger partial charge in [0.1, 0.15) is 5.82 Å². The molecule has 1 amide bonds. The number of carbonyl (C=O) groups is 1. The molecule has 0 radical (unpaired) electrons. The fraction of sp³-hybridized carbons (Fsp3) is 0.0526. The normalized spacial score (nSPS) is 10.2. The van der Waals surface area contributed by atoms with Crippen LogP contribution in [0.3, 0.4) is 0 Å². The summed E-state index contributed by atoms with van der Waals surface area (Å²) in [5.41, 5.74) is 2.46. The van der Waals surface area contributed by atoms with Gasteiger partial charge in [-0.2, -0.15) is 0 Å². The highest BCUT2D eigenvalue weighted by atomic mass is 19.1. The monoisotopic (exact) mass is 321 g/mol. The van der Waals surface area contributed by atoms with Crippen LogP contribution in [-0.4, -0.2) is 17.9 Å². The zero-order chi connectivity index (χ0) is 16.9. The average molecular weight is 321 g/mol. The minimum atomic E-state index is -0.330. The predicted octanol–water partition coefficient (Wildman–Crippen LogP) is 4.24. The molecule has 0 aliphatic heterocycles. The molecule has 0 saturated heterocycles. The summed E-state index contributed by atoms with van der Waals surface area (Å²) in [6.07, 6.45) is 3.10. The van der Waals surface area contributed by atoms with Gasteiger partial charge in [-0.05, 0) is 36.4 Å². The van der Waals surface area contributed by atoms with Crippen LogP contribution in [0.15, 0.2) is 73.1 Å². The topological polar surface area (TPSA) is 45.2 Å². The van der Waals surface area contributed by atoms with Gasteiger partial charge in [-0.15, -0.1) is 0 Å². The lowest BCUT2D eigenvalue weighted by atomic mass is 10.2. The summed E-state index contributed by atoms with van der Waals surface area (Å²) in [6.45, 7) is 0. The van der Waals surface area contributed by atoms with Crippen molar-refractivity contribution < 1.29 is 9.18 Å². The summed E-state index contributed by atoms with van der Waals surface area (Å²) in [7, 11) is 1.71. The molecule has 1 aromatic heterocycles. The van der Waals surface area contributed by atoms with Gasteiger partial charge in [0.15, 0.2) is 0 Å². The maximum Gasteiger partial charge on any atom is 0.259 e. The van der Waals surface area contributed by atoms with Crippen molar-refractivity contribution >= 4 is 23.0 Å². The van der Waals surface area contributed by atoms with Gasteiger partial charge in [0, 0.05) is 24.6 Å². The molecule has 0 spiro atoms. The maximum absolute atomic E-state index is 13.3. The molecule has 0 aliphatic carbocycles. The molecule has 0 aliphatic rings. The number of halogens is 1. The van der Waals surface area contributed by atoms with Crippen molar-refractivity contribution in [3.63, 3.8) is 0 Å². The van der Waals surface area contributed by atoms with E-state index in [0.29, 0.717) is 16.9 Å². The van der Waals surface area contributed by atoms with E-state index in [0.717, 1.165) is 5.69 Å².